The van der Waals surface area contributed by atoms with Crippen molar-refractivity contribution in [1.29, 1.82) is 0 Å². The Morgan fingerprint density at radius 2 is 1.95 bits per heavy atom. The number of hydrogen-bond donors (Lipinski definition) is 1. The van der Waals surface area contributed by atoms with Gasteiger partial charge >= 0.3 is 0 Å². The van der Waals surface area contributed by atoms with Gasteiger partial charge in [-0.15, -0.1) is 0 Å². The van der Waals surface area contributed by atoms with Crippen LogP contribution in [0.1, 0.15) is 31.9 Å². The lowest BCUT2D eigenvalue weighted by Crippen LogP contribution is -2.29. The van der Waals surface area contributed by atoms with Crippen LogP contribution in [0.15, 0.2) is 30.3 Å². The lowest BCUT2D eigenvalue weighted by Gasteiger charge is -2.16. The number of methoxy groups -OCH3 is 1. The van der Waals surface area contributed by atoms with E-state index in [1.54, 1.807) is 7.11 Å². The highest BCUT2D eigenvalue weighted by Crippen LogP contribution is 2.14. The molecule has 0 fully saturated rings. The zero-order valence-corrected chi connectivity index (χ0v) is 12.6. The molecule has 0 aliphatic carbocycles. The van der Waals surface area contributed by atoms with Crippen molar-refractivity contribution in [2.24, 2.45) is 5.92 Å². The number of carbonyl (C=O) groups excluding carboxylic acids is 1. The fourth-order valence-corrected chi connectivity index (χ4v) is 1.78. The Kier molecular flexibility index (Phi) is 7.92. The van der Waals surface area contributed by atoms with E-state index in [-0.39, 0.29) is 12.0 Å². The molecule has 4 nitrogen and oxygen atoms in total. The molecule has 20 heavy (non-hydrogen) atoms. The molecule has 1 unspecified atom stereocenters. The molecule has 0 radical (unpaired) electrons. The van der Waals surface area contributed by atoms with Crippen molar-refractivity contribution in [1.82, 2.24) is 5.32 Å². The van der Waals surface area contributed by atoms with Gasteiger partial charge in [0.05, 0.1) is 12.7 Å². The van der Waals surface area contributed by atoms with Gasteiger partial charge in [0.15, 0.2) is 0 Å². The number of ether oxygens (including phenoxy) is 2. The molecule has 1 aromatic rings. The Hall–Kier alpha value is -1.39. The number of rotatable bonds is 9. The fraction of sp³-hybridized carbons (Fsp3) is 0.562. The van der Waals surface area contributed by atoms with Gasteiger partial charge in [0.1, 0.15) is 0 Å². The van der Waals surface area contributed by atoms with Crippen LogP contribution in [0.3, 0.4) is 0 Å². The van der Waals surface area contributed by atoms with E-state index in [0.29, 0.717) is 32.1 Å². The maximum Gasteiger partial charge on any atom is 0.222 e. The number of hydrogen-bond acceptors (Lipinski definition) is 3. The summed E-state index contributed by atoms with van der Waals surface area (Å²) < 4.78 is 10.8. The Bertz CT molecular complexity index is 379. The zero-order chi connectivity index (χ0) is 14.8. The first-order valence-corrected chi connectivity index (χ1v) is 7.05. The molecule has 1 N–H and O–H groups in total. The first-order chi connectivity index (χ1) is 9.63. The van der Waals surface area contributed by atoms with Gasteiger partial charge in [-0.2, -0.15) is 0 Å². The van der Waals surface area contributed by atoms with E-state index < -0.39 is 0 Å². The first kappa shape index (κ1) is 16.7. The molecule has 1 amide bonds. The summed E-state index contributed by atoms with van der Waals surface area (Å²) in [5.74, 6) is 0.487. The SMILES string of the molecule is COC(CNC(=O)CCOCC(C)C)c1ccccc1. The van der Waals surface area contributed by atoms with Gasteiger partial charge in [-0.05, 0) is 11.5 Å². The van der Waals surface area contributed by atoms with Gasteiger partial charge < -0.3 is 14.8 Å². The van der Waals surface area contributed by atoms with Crippen LogP contribution in [0.5, 0.6) is 0 Å². The predicted octanol–water partition coefficient (Wildman–Crippen LogP) is 2.55. The highest BCUT2D eigenvalue weighted by molar-refractivity contribution is 5.75. The van der Waals surface area contributed by atoms with E-state index in [4.69, 9.17) is 9.47 Å². The molecular formula is C16H25NO3. The van der Waals surface area contributed by atoms with Crippen molar-refractivity contribution in [3.8, 4) is 0 Å². The normalized spacial score (nSPS) is 12.4. The third kappa shape index (κ3) is 6.68. The minimum atomic E-state index is -0.114. The molecule has 0 aromatic heterocycles. The number of carbonyl (C=O) groups is 1. The third-order valence-corrected chi connectivity index (χ3v) is 2.87. The summed E-state index contributed by atoms with van der Waals surface area (Å²) in [4.78, 5) is 11.7. The van der Waals surface area contributed by atoms with Crippen LogP contribution in [0, 0.1) is 5.92 Å². The van der Waals surface area contributed by atoms with Crippen LogP contribution in [0.2, 0.25) is 0 Å². The summed E-state index contributed by atoms with van der Waals surface area (Å²) in [6, 6.07) is 9.87. The summed E-state index contributed by atoms with van der Waals surface area (Å²) in [6.07, 6.45) is 0.273. The van der Waals surface area contributed by atoms with Gasteiger partial charge in [0.25, 0.3) is 0 Å². The van der Waals surface area contributed by atoms with Crippen LogP contribution in [0.25, 0.3) is 0 Å². The van der Waals surface area contributed by atoms with Crippen LogP contribution >= 0.6 is 0 Å². The Morgan fingerprint density at radius 3 is 2.55 bits per heavy atom. The minimum absolute atomic E-state index is 0.00765. The van der Waals surface area contributed by atoms with Gasteiger partial charge in [-0.1, -0.05) is 44.2 Å². The van der Waals surface area contributed by atoms with Crippen molar-refractivity contribution in [2.75, 3.05) is 26.9 Å². The van der Waals surface area contributed by atoms with Crippen LogP contribution < -0.4 is 5.32 Å². The minimum Gasteiger partial charge on any atom is -0.381 e. The highest BCUT2D eigenvalue weighted by atomic mass is 16.5. The second kappa shape index (κ2) is 9.50. The van der Waals surface area contributed by atoms with Crippen molar-refractivity contribution < 1.29 is 14.3 Å². The second-order valence-electron chi connectivity index (χ2n) is 5.16. The second-order valence-corrected chi connectivity index (χ2v) is 5.16. The average Bonchev–Trinajstić information content (AvgIpc) is 2.45. The average molecular weight is 279 g/mol. The molecule has 0 heterocycles. The van der Waals surface area contributed by atoms with Gasteiger partial charge in [-0.3, -0.25) is 4.79 Å². The largest absolute Gasteiger partial charge is 0.381 e. The van der Waals surface area contributed by atoms with E-state index in [1.165, 1.54) is 0 Å². The molecule has 1 rings (SSSR count). The van der Waals surface area contributed by atoms with Crippen molar-refractivity contribution in [3.63, 3.8) is 0 Å². The maximum atomic E-state index is 11.7. The molecule has 0 spiro atoms. The van der Waals surface area contributed by atoms with Crippen LogP contribution in [0.4, 0.5) is 0 Å². The van der Waals surface area contributed by atoms with Crippen LogP contribution in [-0.4, -0.2) is 32.8 Å². The molecule has 0 saturated heterocycles. The zero-order valence-electron chi connectivity index (χ0n) is 12.6. The van der Waals surface area contributed by atoms with E-state index in [9.17, 15) is 4.79 Å². The molecule has 1 atom stereocenters. The quantitative estimate of drug-likeness (QED) is 0.707. The molecule has 4 heteroatoms. The van der Waals surface area contributed by atoms with Crippen molar-refractivity contribution in [2.45, 2.75) is 26.4 Å². The van der Waals surface area contributed by atoms with E-state index in [2.05, 4.69) is 19.2 Å². The molecule has 112 valence electrons. The van der Waals surface area contributed by atoms with Crippen molar-refractivity contribution in [3.05, 3.63) is 35.9 Å². The molecule has 1 aromatic carbocycles. The summed E-state index contributed by atoms with van der Waals surface area (Å²) in [7, 11) is 1.65. The molecule has 0 aliphatic heterocycles. The summed E-state index contributed by atoms with van der Waals surface area (Å²) in [5, 5.41) is 2.88. The summed E-state index contributed by atoms with van der Waals surface area (Å²) in [5.41, 5.74) is 1.06. The van der Waals surface area contributed by atoms with E-state index >= 15 is 0 Å². The van der Waals surface area contributed by atoms with Gasteiger partial charge in [0, 0.05) is 26.7 Å². The predicted molar refractivity (Wildman–Crippen MR) is 79.5 cm³/mol. The van der Waals surface area contributed by atoms with Crippen molar-refractivity contribution >= 4 is 5.91 Å². The lowest BCUT2D eigenvalue weighted by molar-refractivity contribution is -0.122. The molecule has 0 aliphatic rings. The maximum absolute atomic E-state index is 11.7. The van der Waals surface area contributed by atoms with E-state index in [0.717, 1.165) is 5.56 Å². The van der Waals surface area contributed by atoms with Gasteiger partial charge in [-0.25, -0.2) is 0 Å². The standard InChI is InChI=1S/C16H25NO3/c1-13(2)12-20-10-9-16(18)17-11-15(19-3)14-7-5-4-6-8-14/h4-8,13,15H,9-12H2,1-3H3,(H,17,18). The monoisotopic (exact) mass is 279 g/mol. The number of benzene rings is 1. The molecule has 0 saturated carbocycles. The van der Waals surface area contributed by atoms with E-state index in [1.807, 2.05) is 30.3 Å². The Labute approximate surface area is 121 Å². The summed E-state index contributed by atoms with van der Waals surface area (Å²) in [6.45, 7) is 5.81. The number of nitrogens with one attached hydrogen (secondary N) is 1. The summed E-state index contributed by atoms with van der Waals surface area (Å²) >= 11 is 0. The topological polar surface area (TPSA) is 47.6 Å². The lowest BCUT2D eigenvalue weighted by atomic mass is 10.1. The fourth-order valence-electron chi connectivity index (χ4n) is 1.78. The molecule has 0 bridgehead atoms. The molecular weight excluding hydrogens is 254 g/mol. The number of amides is 1. The van der Waals surface area contributed by atoms with Crippen LogP contribution in [-0.2, 0) is 14.3 Å². The third-order valence-electron chi connectivity index (χ3n) is 2.87. The Balaban J connectivity index is 2.25. The smallest absolute Gasteiger partial charge is 0.222 e. The first-order valence-electron chi connectivity index (χ1n) is 7.05. The van der Waals surface area contributed by atoms with Gasteiger partial charge in [0.2, 0.25) is 5.91 Å². The highest BCUT2D eigenvalue weighted by Gasteiger charge is 2.11. The Morgan fingerprint density at radius 1 is 1.25 bits per heavy atom.